The minimum absolute atomic E-state index is 0.142. The molecule has 5 nitrogen and oxygen atoms in total. The largest absolute Gasteiger partial charge is 0.497 e. The topological polar surface area (TPSA) is 54.0 Å². The van der Waals surface area contributed by atoms with E-state index in [0.29, 0.717) is 32.7 Å². The maximum Gasteiger partial charge on any atom is 0.497 e. The number of fused-ring (bicyclic) bond motifs is 2. The molecule has 2 rings (SSSR count). The van der Waals surface area contributed by atoms with Crippen molar-refractivity contribution in [3.63, 3.8) is 0 Å². The number of ether oxygens (including phenoxy) is 1. The third-order valence-corrected chi connectivity index (χ3v) is 7.63. The predicted molar refractivity (Wildman–Crippen MR) is 106 cm³/mol. The quantitative estimate of drug-likeness (QED) is 0.400. The van der Waals surface area contributed by atoms with Gasteiger partial charge in [0.05, 0.1) is 11.8 Å². The first-order valence-electron chi connectivity index (χ1n) is 10.5. The molecule has 0 radical (unpaired) electrons. The molecule has 4 atom stereocenters. The Balaban J connectivity index is 0.000000331. The van der Waals surface area contributed by atoms with Crippen LogP contribution < -0.4 is 0 Å². The monoisotopic (exact) mass is 442 g/mol. The van der Waals surface area contributed by atoms with Crippen LogP contribution in [0.5, 0.6) is 0 Å². The van der Waals surface area contributed by atoms with Crippen LogP contribution in [0.1, 0.15) is 60.8 Å². The summed E-state index contributed by atoms with van der Waals surface area (Å²) < 4.78 is 60.5. The van der Waals surface area contributed by atoms with E-state index in [0.717, 1.165) is 6.42 Å². The van der Waals surface area contributed by atoms with E-state index in [-0.39, 0.29) is 11.8 Å². The SMILES string of the molecule is CC(C)(C)OC(=O)C1C2CCC(C2)C1C(F)(F)F.CCO[Si](C)(OCC)OCC. The van der Waals surface area contributed by atoms with Gasteiger partial charge < -0.3 is 18.0 Å². The molecule has 0 aromatic rings. The molecule has 4 unspecified atom stereocenters. The molecule has 2 aliphatic rings. The summed E-state index contributed by atoms with van der Waals surface area (Å²) in [5.74, 6) is -3.67. The van der Waals surface area contributed by atoms with Crippen molar-refractivity contribution in [3.05, 3.63) is 0 Å². The van der Waals surface area contributed by atoms with E-state index >= 15 is 0 Å². The molecule has 2 aliphatic carbocycles. The van der Waals surface area contributed by atoms with E-state index in [1.54, 1.807) is 20.8 Å². The Hall–Kier alpha value is -0.643. The standard InChI is InChI=1S/C13H19F3O2.C7H18O3Si/c1-12(2,3)18-11(17)9-7-4-5-8(6-7)10(9)13(14,15)16;1-5-8-11(4,9-6-2)10-7-3/h7-10H,4-6H2,1-3H3;5-7H2,1-4H3. The number of alkyl halides is 3. The lowest BCUT2D eigenvalue weighted by molar-refractivity contribution is -0.211. The summed E-state index contributed by atoms with van der Waals surface area (Å²) >= 11 is 0. The Morgan fingerprint density at radius 1 is 0.931 bits per heavy atom. The van der Waals surface area contributed by atoms with Gasteiger partial charge in [0.15, 0.2) is 0 Å². The maximum atomic E-state index is 13.1. The Morgan fingerprint density at radius 3 is 1.76 bits per heavy atom. The zero-order chi connectivity index (χ0) is 22.5. The van der Waals surface area contributed by atoms with Crippen molar-refractivity contribution >= 4 is 14.8 Å². The molecule has 0 amide bonds. The lowest BCUT2D eigenvalue weighted by Crippen LogP contribution is -2.42. The molecule has 0 aromatic heterocycles. The van der Waals surface area contributed by atoms with Gasteiger partial charge in [-0.25, -0.2) is 0 Å². The first-order valence-corrected chi connectivity index (χ1v) is 12.7. The second-order valence-corrected chi connectivity index (χ2v) is 11.2. The smallest absolute Gasteiger partial charge is 0.460 e. The molecule has 2 saturated carbocycles. The van der Waals surface area contributed by atoms with Crippen LogP contribution in [-0.2, 0) is 22.8 Å². The summed E-state index contributed by atoms with van der Waals surface area (Å²) in [5.41, 5.74) is -0.727. The fourth-order valence-corrected chi connectivity index (χ4v) is 6.21. The molecule has 0 aliphatic heterocycles. The molecule has 2 fully saturated rings. The van der Waals surface area contributed by atoms with E-state index < -0.39 is 38.4 Å². The van der Waals surface area contributed by atoms with E-state index in [9.17, 15) is 18.0 Å². The van der Waals surface area contributed by atoms with Crippen LogP contribution in [0.25, 0.3) is 0 Å². The molecule has 0 saturated heterocycles. The second kappa shape index (κ2) is 10.6. The number of hydrogen-bond acceptors (Lipinski definition) is 5. The van der Waals surface area contributed by atoms with Gasteiger partial charge in [-0.15, -0.1) is 0 Å². The van der Waals surface area contributed by atoms with Gasteiger partial charge in [-0.1, -0.05) is 0 Å². The van der Waals surface area contributed by atoms with Gasteiger partial charge in [0.1, 0.15) is 5.60 Å². The molecular weight excluding hydrogens is 405 g/mol. The highest BCUT2D eigenvalue weighted by Gasteiger charge is 2.61. The summed E-state index contributed by atoms with van der Waals surface area (Å²) in [4.78, 5) is 12.0. The molecule has 0 heterocycles. The van der Waals surface area contributed by atoms with Gasteiger partial charge in [0.25, 0.3) is 0 Å². The minimum Gasteiger partial charge on any atom is -0.460 e. The first kappa shape index (κ1) is 26.4. The van der Waals surface area contributed by atoms with Gasteiger partial charge in [0, 0.05) is 26.4 Å². The Morgan fingerprint density at radius 2 is 1.38 bits per heavy atom. The van der Waals surface area contributed by atoms with Crippen molar-refractivity contribution in [3.8, 4) is 0 Å². The van der Waals surface area contributed by atoms with E-state index in [1.807, 2.05) is 27.3 Å². The zero-order valence-electron chi connectivity index (χ0n) is 18.7. The highest BCUT2D eigenvalue weighted by atomic mass is 28.4. The molecule has 29 heavy (non-hydrogen) atoms. The van der Waals surface area contributed by atoms with Gasteiger partial charge in [-0.05, 0) is 72.6 Å². The number of carbonyl (C=O) groups is 1. The maximum absolute atomic E-state index is 13.1. The van der Waals surface area contributed by atoms with Crippen molar-refractivity contribution in [2.75, 3.05) is 19.8 Å². The number of halogens is 3. The summed E-state index contributed by atoms with van der Waals surface area (Å²) in [6, 6.07) is 0. The Bertz CT molecular complexity index is 504. The zero-order valence-corrected chi connectivity index (χ0v) is 19.7. The molecule has 9 heteroatoms. The van der Waals surface area contributed by atoms with Crippen molar-refractivity contribution < 1.29 is 36.0 Å². The normalized spacial score (nSPS) is 26.8. The lowest BCUT2D eigenvalue weighted by Gasteiger charge is -2.33. The number of hydrogen-bond donors (Lipinski definition) is 0. The fourth-order valence-electron chi connectivity index (χ4n) is 4.38. The molecule has 172 valence electrons. The van der Waals surface area contributed by atoms with Crippen LogP contribution >= 0.6 is 0 Å². The van der Waals surface area contributed by atoms with Crippen LogP contribution in [-0.4, -0.2) is 46.4 Å². The minimum atomic E-state index is -4.29. The van der Waals surface area contributed by atoms with Gasteiger partial charge >= 0.3 is 21.0 Å². The molecule has 2 bridgehead atoms. The number of carbonyl (C=O) groups excluding carboxylic acids is 1. The van der Waals surface area contributed by atoms with Crippen molar-refractivity contribution in [1.82, 2.24) is 0 Å². The van der Waals surface area contributed by atoms with Crippen molar-refractivity contribution in [2.24, 2.45) is 23.7 Å². The molecule has 0 aromatic carbocycles. The Kier molecular flexibility index (Phi) is 9.64. The third kappa shape index (κ3) is 7.84. The first-order chi connectivity index (χ1) is 13.3. The lowest BCUT2D eigenvalue weighted by atomic mass is 9.78. The second-order valence-electron chi connectivity index (χ2n) is 8.62. The van der Waals surface area contributed by atoms with Crippen molar-refractivity contribution in [2.45, 2.75) is 79.1 Å². The number of rotatable bonds is 7. The Labute approximate surface area is 174 Å². The van der Waals surface area contributed by atoms with Crippen molar-refractivity contribution in [1.29, 1.82) is 0 Å². The summed E-state index contributed by atoms with van der Waals surface area (Å²) in [6.07, 6.45) is -2.45. The van der Waals surface area contributed by atoms with Gasteiger partial charge in [-0.2, -0.15) is 13.2 Å². The molecule has 0 spiro atoms. The number of esters is 1. The van der Waals surface area contributed by atoms with Crippen LogP contribution in [0, 0.1) is 23.7 Å². The highest BCUT2D eigenvalue weighted by Crippen LogP contribution is 2.58. The van der Waals surface area contributed by atoms with E-state index in [2.05, 4.69) is 0 Å². The summed E-state index contributed by atoms with van der Waals surface area (Å²) in [6.45, 7) is 14.8. The van der Waals surface area contributed by atoms with Gasteiger partial charge in [-0.3, -0.25) is 4.79 Å². The predicted octanol–water partition coefficient (Wildman–Crippen LogP) is 5.22. The van der Waals surface area contributed by atoms with E-state index in [4.69, 9.17) is 18.0 Å². The van der Waals surface area contributed by atoms with Crippen LogP contribution in [0.15, 0.2) is 0 Å². The highest BCUT2D eigenvalue weighted by molar-refractivity contribution is 6.59. The van der Waals surface area contributed by atoms with Crippen LogP contribution in [0.4, 0.5) is 13.2 Å². The van der Waals surface area contributed by atoms with Crippen LogP contribution in [0.3, 0.4) is 0 Å². The average molecular weight is 443 g/mol. The van der Waals surface area contributed by atoms with Crippen LogP contribution in [0.2, 0.25) is 6.55 Å². The molecule has 0 N–H and O–H groups in total. The average Bonchev–Trinajstić information content (AvgIpc) is 3.14. The summed E-state index contributed by atoms with van der Waals surface area (Å²) in [7, 11) is -2.25. The third-order valence-electron chi connectivity index (χ3n) is 5.19. The fraction of sp³-hybridized carbons (Fsp3) is 0.950. The summed E-state index contributed by atoms with van der Waals surface area (Å²) in [5, 5.41) is 0. The van der Waals surface area contributed by atoms with Gasteiger partial charge in [0.2, 0.25) is 0 Å². The molecular formula is C20H37F3O5Si. The van der Waals surface area contributed by atoms with E-state index in [1.165, 1.54) is 0 Å².